The molecule has 0 N–H and O–H groups in total. The van der Waals surface area contributed by atoms with Crippen molar-refractivity contribution in [2.75, 3.05) is 20.3 Å². The van der Waals surface area contributed by atoms with Gasteiger partial charge in [-0.15, -0.1) is 0 Å². The highest BCUT2D eigenvalue weighted by molar-refractivity contribution is 5.57. The summed E-state index contributed by atoms with van der Waals surface area (Å²) >= 11 is 0. The largest absolute Gasteiger partial charge is 0.490 e. The number of nitro benzene ring substituents is 1. The van der Waals surface area contributed by atoms with Crippen LogP contribution in [0.15, 0.2) is 18.2 Å². The van der Waals surface area contributed by atoms with Crippen LogP contribution < -0.4 is 9.47 Å². The Balaban J connectivity index is 2.22. The maximum absolute atomic E-state index is 10.9. The summed E-state index contributed by atoms with van der Waals surface area (Å²) in [7, 11) is 1.39. The van der Waals surface area contributed by atoms with E-state index in [1.165, 1.54) is 13.2 Å². The molecule has 1 aromatic rings. The van der Waals surface area contributed by atoms with Gasteiger partial charge in [0.05, 0.1) is 18.6 Å². The van der Waals surface area contributed by atoms with E-state index < -0.39 is 4.92 Å². The number of para-hydroxylation sites is 1. The number of nitrogens with zero attached hydrogens (tertiary/aromatic N) is 1. The molecule has 0 spiro atoms. The predicted octanol–water partition coefficient (Wildman–Crippen LogP) is 1.38. The van der Waals surface area contributed by atoms with Crippen molar-refractivity contribution in [2.24, 2.45) is 0 Å². The van der Waals surface area contributed by atoms with Crippen molar-refractivity contribution in [1.82, 2.24) is 0 Å². The zero-order valence-electron chi connectivity index (χ0n) is 8.71. The van der Waals surface area contributed by atoms with Gasteiger partial charge in [-0.3, -0.25) is 10.1 Å². The fourth-order valence-electron chi connectivity index (χ4n) is 1.31. The van der Waals surface area contributed by atoms with Gasteiger partial charge >= 0.3 is 5.69 Å². The molecule has 6 heteroatoms. The molecule has 0 radical (unpaired) electrons. The van der Waals surface area contributed by atoms with Crippen LogP contribution >= 0.6 is 0 Å². The van der Waals surface area contributed by atoms with E-state index >= 15 is 0 Å². The molecular formula is C10H11NO5. The highest BCUT2D eigenvalue weighted by atomic mass is 16.6. The van der Waals surface area contributed by atoms with Crippen LogP contribution in [0.4, 0.5) is 5.69 Å². The van der Waals surface area contributed by atoms with Gasteiger partial charge in [0, 0.05) is 0 Å². The molecular weight excluding hydrogens is 214 g/mol. The van der Waals surface area contributed by atoms with Crippen LogP contribution in [0.25, 0.3) is 0 Å². The van der Waals surface area contributed by atoms with Crippen molar-refractivity contribution in [3.05, 3.63) is 28.3 Å². The Bertz CT molecular complexity index is 402. The highest BCUT2D eigenvalue weighted by Gasteiger charge is 2.26. The predicted molar refractivity (Wildman–Crippen MR) is 54.9 cm³/mol. The van der Waals surface area contributed by atoms with Crippen LogP contribution in [0, 0.1) is 10.1 Å². The first kappa shape index (κ1) is 10.7. The van der Waals surface area contributed by atoms with Gasteiger partial charge < -0.3 is 14.2 Å². The third-order valence-electron chi connectivity index (χ3n) is 2.19. The molecule has 1 unspecified atom stereocenters. The van der Waals surface area contributed by atoms with Gasteiger partial charge in [-0.1, -0.05) is 6.07 Å². The Morgan fingerprint density at radius 3 is 2.81 bits per heavy atom. The normalized spacial score (nSPS) is 17.9. The first-order valence-corrected chi connectivity index (χ1v) is 4.78. The lowest BCUT2D eigenvalue weighted by molar-refractivity contribution is -0.386. The van der Waals surface area contributed by atoms with Crippen molar-refractivity contribution in [3.8, 4) is 11.5 Å². The third-order valence-corrected chi connectivity index (χ3v) is 2.19. The molecule has 1 saturated heterocycles. The standard InChI is InChI=1S/C10H11NO5/c1-14-8-3-2-4-9(10(8)11(12)13)16-6-7-5-15-7/h2-4,7H,5-6H2,1H3. The molecule has 1 fully saturated rings. The van der Waals surface area contributed by atoms with Crippen LogP contribution in [0.1, 0.15) is 0 Å². The Morgan fingerprint density at radius 2 is 2.25 bits per heavy atom. The zero-order valence-corrected chi connectivity index (χ0v) is 8.71. The van der Waals surface area contributed by atoms with Crippen molar-refractivity contribution in [2.45, 2.75) is 6.10 Å². The van der Waals surface area contributed by atoms with E-state index in [1.807, 2.05) is 0 Å². The van der Waals surface area contributed by atoms with Crippen LogP contribution in [-0.4, -0.2) is 31.4 Å². The Hall–Kier alpha value is -1.82. The minimum atomic E-state index is -0.512. The number of nitro groups is 1. The molecule has 0 bridgehead atoms. The van der Waals surface area contributed by atoms with Crippen LogP contribution in [0.5, 0.6) is 11.5 Å². The number of hydrogen-bond acceptors (Lipinski definition) is 5. The molecule has 86 valence electrons. The van der Waals surface area contributed by atoms with Gasteiger partial charge in [-0.05, 0) is 12.1 Å². The minimum Gasteiger partial charge on any atom is -0.490 e. The molecule has 0 aliphatic carbocycles. The summed E-state index contributed by atoms with van der Waals surface area (Å²) in [4.78, 5) is 10.4. The quantitative estimate of drug-likeness (QED) is 0.430. The molecule has 2 rings (SSSR count). The second-order valence-electron chi connectivity index (χ2n) is 3.33. The second kappa shape index (κ2) is 4.36. The van der Waals surface area contributed by atoms with Gasteiger partial charge in [0.25, 0.3) is 0 Å². The molecule has 0 aromatic heterocycles. The molecule has 1 atom stereocenters. The first-order chi connectivity index (χ1) is 7.72. The summed E-state index contributed by atoms with van der Waals surface area (Å²) in [6.07, 6.45) is 0.0609. The van der Waals surface area contributed by atoms with Crippen LogP contribution in [0.3, 0.4) is 0 Å². The number of ether oxygens (including phenoxy) is 3. The van der Waals surface area contributed by atoms with E-state index in [-0.39, 0.29) is 23.3 Å². The SMILES string of the molecule is COc1cccc(OCC2CO2)c1[N+](=O)[O-]. The van der Waals surface area contributed by atoms with E-state index in [0.29, 0.717) is 13.2 Å². The Kier molecular flexibility index (Phi) is 2.91. The number of benzene rings is 1. The lowest BCUT2D eigenvalue weighted by Crippen LogP contribution is -2.06. The third kappa shape index (κ3) is 2.22. The Labute approximate surface area is 91.9 Å². The lowest BCUT2D eigenvalue weighted by Gasteiger charge is -2.07. The molecule has 1 aliphatic rings. The summed E-state index contributed by atoms with van der Waals surface area (Å²) in [6.45, 7) is 0.978. The zero-order chi connectivity index (χ0) is 11.5. The second-order valence-corrected chi connectivity index (χ2v) is 3.33. The van der Waals surface area contributed by atoms with Crippen molar-refractivity contribution < 1.29 is 19.1 Å². The molecule has 1 heterocycles. The maximum atomic E-state index is 10.9. The van der Waals surface area contributed by atoms with E-state index in [1.54, 1.807) is 12.1 Å². The average Bonchev–Trinajstić information content (AvgIpc) is 3.09. The van der Waals surface area contributed by atoms with Gasteiger partial charge in [0.2, 0.25) is 11.5 Å². The summed E-state index contributed by atoms with van der Waals surface area (Å²) in [5.74, 6) is 0.402. The average molecular weight is 225 g/mol. The van der Waals surface area contributed by atoms with E-state index in [2.05, 4.69) is 0 Å². The van der Waals surface area contributed by atoms with E-state index in [4.69, 9.17) is 14.2 Å². The van der Waals surface area contributed by atoms with Crippen molar-refractivity contribution in [1.29, 1.82) is 0 Å². The molecule has 1 aromatic carbocycles. The number of hydrogen-bond donors (Lipinski definition) is 0. The van der Waals surface area contributed by atoms with Gasteiger partial charge in [-0.2, -0.15) is 0 Å². The van der Waals surface area contributed by atoms with Gasteiger partial charge in [0.15, 0.2) is 0 Å². The molecule has 16 heavy (non-hydrogen) atoms. The molecule has 0 amide bonds. The van der Waals surface area contributed by atoms with Crippen LogP contribution in [-0.2, 0) is 4.74 Å². The number of rotatable bonds is 5. The summed E-state index contributed by atoms with van der Waals surface area (Å²) in [5.41, 5.74) is -0.148. The van der Waals surface area contributed by atoms with Crippen molar-refractivity contribution >= 4 is 5.69 Å². The van der Waals surface area contributed by atoms with E-state index in [9.17, 15) is 10.1 Å². The Morgan fingerprint density at radius 1 is 1.56 bits per heavy atom. The lowest BCUT2D eigenvalue weighted by atomic mass is 10.2. The smallest absolute Gasteiger partial charge is 0.352 e. The highest BCUT2D eigenvalue weighted by Crippen LogP contribution is 2.36. The monoisotopic (exact) mass is 225 g/mol. The topological polar surface area (TPSA) is 74.1 Å². The van der Waals surface area contributed by atoms with Crippen molar-refractivity contribution in [3.63, 3.8) is 0 Å². The summed E-state index contributed by atoms with van der Waals surface area (Å²) < 4.78 is 15.2. The molecule has 1 aliphatic heterocycles. The molecule has 6 nitrogen and oxygen atoms in total. The van der Waals surface area contributed by atoms with Gasteiger partial charge in [-0.25, -0.2) is 0 Å². The van der Waals surface area contributed by atoms with Gasteiger partial charge in [0.1, 0.15) is 12.7 Å². The molecule has 0 saturated carbocycles. The number of epoxide rings is 1. The number of methoxy groups -OCH3 is 1. The fraction of sp³-hybridized carbons (Fsp3) is 0.400. The summed E-state index contributed by atoms with van der Waals surface area (Å²) in [5, 5.41) is 10.9. The summed E-state index contributed by atoms with van der Waals surface area (Å²) in [6, 6.07) is 4.72. The first-order valence-electron chi connectivity index (χ1n) is 4.78. The minimum absolute atomic E-state index is 0.0609. The van der Waals surface area contributed by atoms with E-state index in [0.717, 1.165) is 0 Å². The van der Waals surface area contributed by atoms with Crippen LogP contribution in [0.2, 0.25) is 0 Å². The fourth-order valence-corrected chi connectivity index (χ4v) is 1.31. The maximum Gasteiger partial charge on any atom is 0.352 e.